The average Bonchev–Trinajstić information content (AvgIpc) is 2.67. The van der Waals surface area contributed by atoms with E-state index in [1.165, 1.54) is 0 Å². The lowest BCUT2D eigenvalue weighted by atomic mass is 10.2. The van der Waals surface area contributed by atoms with E-state index in [2.05, 4.69) is 11.4 Å². The molecule has 78 valence electrons. The van der Waals surface area contributed by atoms with Crippen LogP contribution in [-0.2, 0) is 4.79 Å². The van der Waals surface area contributed by atoms with E-state index in [9.17, 15) is 4.79 Å². The Morgan fingerprint density at radius 3 is 2.79 bits per heavy atom. The van der Waals surface area contributed by atoms with E-state index in [1.54, 1.807) is 0 Å². The van der Waals surface area contributed by atoms with E-state index < -0.39 is 0 Å². The van der Waals surface area contributed by atoms with Crippen molar-refractivity contribution in [3.63, 3.8) is 0 Å². The van der Waals surface area contributed by atoms with Gasteiger partial charge in [0.2, 0.25) is 5.91 Å². The Hall–Kier alpha value is -1.08. The van der Waals surface area contributed by atoms with Crippen LogP contribution < -0.4 is 5.32 Å². The van der Waals surface area contributed by atoms with E-state index in [1.807, 2.05) is 11.8 Å². The van der Waals surface area contributed by atoms with Crippen molar-refractivity contribution in [2.45, 2.75) is 32.2 Å². The Morgan fingerprint density at radius 1 is 1.57 bits per heavy atom. The lowest BCUT2D eigenvalue weighted by Gasteiger charge is -2.17. The molecule has 0 aliphatic carbocycles. The second-order valence-corrected chi connectivity index (χ2v) is 3.73. The van der Waals surface area contributed by atoms with Crippen LogP contribution in [0.4, 0.5) is 0 Å². The molecule has 14 heavy (non-hydrogen) atoms. The maximum absolute atomic E-state index is 11.5. The summed E-state index contributed by atoms with van der Waals surface area (Å²) in [6.07, 6.45) is 2.70. The molecule has 1 rings (SSSR count). The van der Waals surface area contributed by atoms with Crippen LogP contribution >= 0.6 is 0 Å². The summed E-state index contributed by atoms with van der Waals surface area (Å²) in [4.78, 5) is 13.4. The number of hydrogen-bond donors (Lipinski definition) is 1. The lowest BCUT2D eigenvalue weighted by Crippen LogP contribution is -2.39. The first kappa shape index (κ1) is 11.0. The maximum atomic E-state index is 11.5. The normalized spacial score (nSPS) is 17.9. The van der Waals surface area contributed by atoms with Crippen molar-refractivity contribution >= 4 is 5.91 Å². The number of carbonyl (C=O) groups excluding carboxylic acids is 1. The summed E-state index contributed by atoms with van der Waals surface area (Å²) in [6.45, 7) is 4.07. The number of hydrogen-bond acceptors (Lipinski definition) is 3. The van der Waals surface area contributed by atoms with E-state index in [0.29, 0.717) is 13.0 Å². The van der Waals surface area contributed by atoms with Gasteiger partial charge in [0.1, 0.15) is 0 Å². The first-order valence-electron chi connectivity index (χ1n) is 5.12. The summed E-state index contributed by atoms with van der Waals surface area (Å²) in [5.41, 5.74) is 0. The predicted molar refractivity (Wildman–Crippen MR) is 53.5 cm³/mol. The third-order valence-corrected chi connectivity index (χ3v) is 2.46. The number of rotatable bonds is 4. The molecular formula is C10H17N3O. The van der Waals surface area contributed by atoms with Gasteiger partial charge in [0.05, 0.1) is 19.0 Å². The first-order chi connectivity index (χ1) is 6.74. The van der Waals surface area contributed by atoms with Crippen LogP contribution in [0.15, 0.2) is 0 Å². The summed E-state index contributed by atoms with van der Waals surface area (Å²) in [7, 11) is 0. The number of nitriles is 1. The average molecular weight is 195 g/mol. The highest BCUT2D eigenvalue weighted by Gasteiger charge is 2.17. The number of carbonyl (C=O) groups is 1. The van der Waals surface area contributed by atoms with Crippen molar-refractivity contribution in [1.29, 1.82) is 5.26 Å². The van der Waals surface area contributed by atoms with Crippen molar-refractivity contribution in [3.8, 4) is 6.07 Å². The van der Waals surface area contributed by atoms with Crippen LogP contribution in [0.25, 0.3) is 0 Å². The Kier molecular flexibility index (Phi) is 4.41. The SMILES string of the molecule is CC(CC#N)NCC(=O)N1CCCC1. The van der Waals surface area contributed by atoms with Gasteiger partial charge in [-0.3, -0.25) is 4.79 Å². The molecule has 1 atom stereocenters. The van der Waals surface area contributed by atoms with Gasteiger partial charge in [-0.2, -0.15) is 5.26 Å². The fraction of sp³-hybridized carbons (Fsp3) is 0.800. The molecular weight excluding hydrogens is 178 g/mol. The highest BCUT2D eigenvalue weighted by Crippen LogP contribution is 2.06. The Labute approximate surface area is 84.9 Å². The van der Waals surface area contributed by atoms with Gasteiger partial charge in [-0.25, -0.2) is 0 Å². The lowest BCUT2D eigenvalue weighted by molar-refractivity contribution is -0.129. The highest BCUT2D eigenvalue weighted by molar-refractivity contribution is 5.78. The number of likely N-dealkylation sites (tertiary alicyclic amines) is 1. The molecule has 4 heteroatoms. The minimum atomic E-state index is 0.103. The maximum Gasteiger partial charge on any atom is 0.236 e. The minimum absolute atomic E-state index is 0.103. The standard InChI is InChI=1S/C10H17N3O/c1-9(4-5-11)12-8-10(14)13-6-2-3-7-13/h9,12H,2-4,6-8H2,1H3. The molecule has 0 aromatic rings. The van der Waals surface area contributed by atoms with E-state index in [0.717, 1.165) is 25.9 Å². The Bertz CT molecular complexity index is 228. The molecule has 4 nitrogen and oxygen atoms in total. The van der Waals surface area contributed by atoms with Crippen LogP contribution in [0.1, 0.15) is 26.2 Å². The molecule has 0 bridgehead atoms. The van der Waals surface area contributed by atoms with Gasteiger partial charge in [0.25, 0.3) is 0 Å². The second-order valence-electron chi connectivity index (χ2n) is 3.73. The van der Waals surface area contributed by atoms with Crippen molar-refractivity contribution in [2.75, 3.05) is 19.6 Å². The molecule has 1 aliphatic rings. The monoisotopic (exact) mass is 195 g/mol. The zero-order chi connectivity index (χ0) is 10.4. The van der Waals surface area contributed by atoms with Crippen molar-refractivity contribution in [2.24, 2.45) is 0 Å². The number of nitrogens with one attached hydrogen (secondary N) is 1. The van der Waals surface area contributed by atoms with Gasteiger partial charge >= 0.3 is 0 Å². The molecule has 1 saturated heterocycles. The molecule has 1 amide bonds. The summed E-state index contributed by atoms with van der Waals surface area (Å²) < 4.78 is 0. The van der Waals surface area contributed by atoms with Crippen LogP contribution in [0.5, 0.6) is 0 Å². The van der Waals surface area contributed by atoms with Gasteiger partial charge in [-0.1, -0.05) is 0 Å². The largest absolute Gasteiger partial charge is 0.342 e. The molecule has 0 radical (unpaired) electrons. The molecule has 1 N–H and O–H groups in total. The molecule has 0 saturated carbocycles. The fourth-order valence-corrected chi connectivity index (χ4v) is 1.55. The quantitative estimate of drug-likeness (QED) is 0.710. The van der Waals surface area contributed by atoms with Crippen LogP contribution in [0.2, 0.25) is 0 Å². The van der Waals surface area contributed by atoms with Crippen LogP contribution in [-0.4, -0.2) is 36.5 Å². The summed E-state index contributed by atoms with van der Waals surface area (Å²) in [5.74, 6) is 0.160. The second kappa shape index (κ2) is 5.61. The fourth-order valence-electron chi connectivity index (χ4n) is 1.55. The molecule has 1 aliphatic heterocycles. The topological polar surface area (TPSA) is 56.1 Å². The third-order valence-electron chi connectivity index (χ3n) is 2.46. The van der Waals surface area contributed by atoms with Gasteiger partial charge < -0.3 is 10.2 Å². The minimum Gasteiger partial charge on any atom is -0.342 e. The zero-order valence-corrected chi connectivity index (χ0v) is 8.62. The van der Waals surface area contributed by atoms with Gasteiger partial charge in [0, 0.05) is 19.1 Å². The Morgan fingerprint density at radius 2 is 2.21 bits per heavy atom. The van der Waals surface area contributed by atoms with Crippen molar-refractivity contribution < 1.29 is 4.79 Å². The molecule has 1 heterocycles. The number of nitrogens with zero attached hydrogens (tertiary/aromatic N) is 2. The predicted octanol–water partition coefficient (Wildman–Crippen LogP) is 0.501. The van der Waals surface area contributed by atoms with Crippen molar-refractivity contribution in [3.05, 3.63) is 0 Å². The van der Waals surface area contributed by atoms with Gasteiger partial charge in [-0.15, -0.1) is 0 Å². The molecule has 1 unspecified atom stereocenters. The zero-order valence-electron chi connectivity index (χ0n) is 8.62. The van der Waals surface area contributed by atoms with Crippen molar-refractivity contribution in [1.82, 2.24) is 10.2 Å². The van der Waals surface area contributed by atoms with E-state index in [-0.39, 0.29) is 11.9 Å². The summed E-state index contributed by atoms with van der Waals surface area (Å²) in [5, 5.41) is 11.5. The van der Waals surface area contributed by atoms with Crippen LogP contribution in [0.3, 0.4) is 0 Å². The van der Waals surface area contributed by atoms with Gasteiger partial charge in [0.15, 0.2) is 0 Å². The molecule has 1 fully saturated rings. The van der Waals surface area contributed by atoms with Gasteiger partial charge in [-0.05, 0) is 19.8 Å². The molecule has 0 spiro atoms. The van der Waals surface area contributed by atoms with Crippen LogP contribution in [0, 0.1) is 11.3 Å². The van der Waals surface area contributed by atoms with E-state index >= 15 is 0 Å². The number of amides is 1. The summed E-state index contributed by atoms with van der Waals surface area (Å²) >= 11 is 0. The Balaban J connectivity index is 2.17. The molecule has 0 aromatic heterocycles. The first-order valence-corrected chi connectivity index (χ1v) is 5.12. The smallest absolute Gasteiger partial charge is 0.236 e. The molecule has 0 aromatic carbocycles. The highest BCUT2D eigenvalue weighted by atomic mass is 16.2. The summed E-state index contributed by atoms with van der Waals surface area (Å²) in [6, 6.07) is 2.18. The van der Waals surface area contributed by atoms with E-state index in [4.69, 9.17) is 5.26 Å². The third kappa shape index (κ3) is 3.35.